The molecule has 0 aliphatic rings. The molecule has 0 aliphatic carbocycles. The summed E-state index contributed by atoms with van der Waals surface area (Å²) in [5.74, 6) is 1.39. The molecule has 0 heterocycles. The van der Waals surface area contributed by atoms with Gasteiger partial charge in [-0.15, -0.1) is 11.8 Å². The van der Waals surface area contributed by atoms with Crippen LogP contribution in [0.25, 0.3) is 0 Å². The van der Waals surface area contributed by atoms with E-state index in [9.17, 15) is 9.59 Å². The molecule has 2 rings (SSSR count). The van der Waals surface area contributed by atoms with Gasteiger partial charge in [0, 0.05) is 23.3 Å². The predicted octanol–water partition coefficient (Wildman–Crippen LogP) is 5.26. The zero-order valence-corrected chi connectivity index (χ0v) is 20.3. The van der Waals surface area contributed by atoms with Crippen LogP contribution < -0.4 is 5.32 Å². The molecule has 4 nitrogen and oxygen atoms in total. The molecule has 0 saturated heterocycles. The Morgan fingerprint density at radius 3 is 2.30 bits per heavy atom. The number of carbonyl (C=O) groups excluding carboxylic acids is 2. The van der Waals surface area contributed by atoms with Crippen molar-refractivity contribution in [1.29, 1.82) is 0 Å². The molecular formula is C24H31BrN2O2S. The van der Waals surface area contributed by atoms with Crippen molar-refractivity contribution < 1.29 is 9.59 Å². The Kier molecular flexibility index (Phi) is 10.4. The molecule has 0 fully saturated rings. The molecule has 0 unspecified atom stereocenters. The lowest BCUT2D eigenvalue weighted by Gasteiger charge is -2.31. The first-order valence-electron chi connectivity index (χ1n) is 10.3. The number of nitrogens with one attached hydrogen (secondary N) is 1. The maximum atomic E-state index is 13.2. The lowest BCUT2D eigenvalue weighted by Crippen LogP contribution is -2.50. The molecule has 1 N–H and O–H groups in total. The third-order valence-electron chi connectivity index (χ3n) is 4.67. The van der Waals surface area contributed by atoms with E-state index < -0.39 is 6.04 Å². The Morgan fingerprint density at radius 1 is 1.03 bits per heavy atom. The molecule has 2 aromatic rings. The van der Waals surface area contributed by atoms with Gasteiger partial charge >= 0.3 is 0 Å². The van der Waals surface area contributed by atoms with Crippen molar-refractivity contribution in [3.05, 3.63) is 70.2 Å². The molecule has 6 heteroatoms. The molecule has 0 bridgehead atoms. The second-order valence-corrected chi connectivity index (χ2v) is 9.59. The Bertz CT molecular complexity index is 797. The first kappa shape index (κ1) is 24.5. The predicted molar refractivity (Wildman–Crippen MR) is 129 cm³/mol. The Hall–Kier alpha value is -1.79. The number of rotatable bonds is 11. The molecule has 2 amide bonds. The third-order valence-corrected chi connectivity index (χ3v) is 6.19. The van der Waals surface area contributed by atoms with Crippen molar-refractivity contribution in [2.75, 3.05) is 12.3 Å². The highest BCUT2D eigenvalue weighted by atomic mass is 79.9. The molecular weight excluding hydrogens is 460 g/mol. The average molecular weight is 491 g/mol. The maximum absolute atomic E-state index is 13.2. The Morgan fingerprint density at radius 2 is 1.70 bits per heavy atom. The minimum absolute atomic E-state index is 0.00693. The van der Waals surface area contributed by atoms with Crippen LogP contribution >= 0.6 is 27.7 Å². The van der Waals surface area contributed by atoms with Gasteiger partial charge in [0.2, 0.25) is 11.8 Å². The lowest BCUT2D eigenvalue weighted by molar-refractivity contribution is -0.139. The lowest BCUT2D eigenvalue weighted by atomic mass is 10.1. The second kappa shape index (κ2) is 12.8. The third kappa shape index (κ3) is 8.15. The smallest absolute Gasteiger partial charge is 0.242 e. The summed E-state index contributed by atoms with van der Waals surface area (Å²) in [5.41, 5.74) is 2.20. The second-order valence-electron chi connectivity index (χ2n) is 7.69. The van der Waals surface area contributed by atoms with Crippen LogP contribution in [0.2, 0.25) is 0 Å². The normalized spacial score (nSPS) is 11.9. The van der Waals surface area contributed by atoms with Crippen LogP contribution in [0.3, 0.4) is 0 Å². The fourth-order valence-corrected chi connectivity index (χ4v) is 4.18. The van der Waals surface area contributed by atoms with Gasteiger partial charge in [0.15, 0.2) is 0 Å². The van der Waals surface area contributed by atoms with Crippen LogP contribution in [-0.4, -0.2) is 35.1 Å². The van der Waals surface area contributed by atoms with Gasteiger partial charge < -0.3 is 10.2 Å². The van der Waals surface area contributed by atoms with Crippen LogP contribution in [0, 0.1) is 5.92 Å². The van der Waals surface area contributed by atoms with E-state index >= 15 is 0 Å². The fourth-order valence-electron chi connectivity index (χ4n) is 3.04. The molecule has 162 valence electrons. The van der Waals surface area contributed by atoms with Crippen LogP contribution in [-0.2, 0) is 21.9 Å². The average Bonchev–Trinajstić information content (AvgIpc) is 2.74. The number of benzene rings is 2. The van der Waals surface area contributed by atoms with Crippen LogP contribution in [0.1, 0.15) is 38.3 Å². The van der Waals surface area contributed by atoms with Crippen LogP contribution in [0.4, 0.5) is 0 Å². The van der Waals surface area contributed by atoms with E-state index in [0.29, 0.717) is 31.2 Å². The highest BCUT2D eigenvalue weighted by Gasteiger charge is 2.28. The Labute approximate surface area is 192 Å². The van der Waals surface area contributed by atoms with Gasteiger partial charge in [-0.25, -0.2) is 0 Å². The number of nitrogens with zero attached hydrogens (tertiary/aromatic N) is 1. The minimum Gasteiger partial charge on any atom is -0.354 e. The van der Waals surface area contributed by atoms with E-state index in [1.54, 1.807) is 16.7 Å². The monoisotopic (exact) mass is 490 g/mol. The van der Waals surface area contributed by atoms with E-state index in [0.717, 1.165) is 15.8 Å². The number of hydrogen-bond acceptors (Lipinski definition) is 3. The van der Waals surface area contributed by atoms with Gasteiger partial charge in [0.1, 0.15) is 6.04 Å². The summed E-state index contributed by atoms with van der Waals surface area (Å²) in [5, 5.41) is 3.00. The van der Waals surface area contributed by atoms with Crippen molar-refractivity contribution in [3.63, 3.8) is 0 Å². The molecule has 30 heavy (non-hydrogen) atoms. The van der Waals surface area contributed by atoms with Gasteiger partial charge in [0.05, 0.1) is 5.75 Å². The summed E-state index contributed by atoms with van der Waals surface area (Å²) in [4.78, 5) is 27.7. The summed E-state index contributed by atoms with van der Waals surface area (Å²) < 4.78 is 1.04. The molecule has 0 radical (unpaired) electrons. The van der Waals surface area contributed by atoms with Crippen molar-refractivity contribution in [2.24, 2.45) is 5.92 Å². The van der Waals surface area contributed by atoms with E-state index in [1.165, 1.54) is 5.56 Å². The zero-order chi connectivity index (χ0) is 21.9. The molecule has 0 spiro atoms. The van der Waals surface area contributed by atoms with E-state index in [2.05, 4.69) is 47.2 Å². The van der Waals surface area contributed by atoms with Gasteiger partial charge in [0.25, 0.3) is 0 Å². The Balaban J connectivity index is 2.07. The summed E-state index contributed by atoms with van der Waals surface area (Å²) in [7, 11) is 0. The quantitative estimate of drug-likeness (QED) is 0.467. The molecule has 2 aromatic carbocycles. The number of hydrogen-bond donors (Lipinski definition) is 1. The van der Waals surface area contributed by atoms with Gasteiger partial charge in [-0.3, -0.25) is 9.59 Å². The van der Waals surface area contributed by atoms with Gasteiger partial charge in [-0.1, -0.05) is 79.2 Å². The van der Waals surface area contributed by atoms with E-state index in [4.69, 9.17) is 0 Å². The van der Waals surface area contributed by atoms with Gasteiger partial charge in [-0.05, 0) is 35.6 Å². The molecule has 0 saturated carbocycles. The molecule has 1 atom stereocenters. The van der Waals surface area contributed by atoms with Crippen LogP contribution in [0.5, 0.6) is 0 Å². The summed E-state index contributed by atoms with van der Waals surface area (Å²) in [6.45, 7) is 7.13. The van der Waals surface area contributed by atoms with Crippen molar-refractivity contribution in [3.8, 4) is 0 Å². The van der Waals surface area contributed by atoms with Crippen LogP contribution in [0.15, 0.2) is 59.1 Å². The highest BCUT2D eigenvalue weighted by molar-refractivity contribution is 9.10. The SMILES string of the molecule is CC[C@@H](C(=O)NCC(C)C)N(Cc1ccccc1)C(=O)CSCc1ccc(Br)cc1. The molecule has 0 aromatic heterocycles. The maximum Gasteiger partial charge on any atom is 0.242 e. The number of thioether (sulfide) groups is 1. The summed E-state index contributed by atoms with van der Waals surface area (Å²) >= 11 is 5.02. The zero-order valence-electron chi connectivity index (χ0n) is 17.9. The number of amides is 2. The van der Waals surface area contributed by atoms with Gasteiger partial charge in [-0.2, -0.15) is 0 Å². The standard InChI is InChI=1S/C24H31BrN2O2S/c1-4-22(24(29)26-14-18(2)3)27(15-19-8-6-5-7-9-19)23(28)17-30-16-20-10-12-21(25)13-11-20/h5-13,18,22H,4,14-17H2,1-3H3,(H,26,29)/t22-/m0/s1. The highest BCUT2D eigenvalue weighted by Crippen LogP contribution is 2.19. The number of halogens is 1. The summed E-state index contributed by atoms with van der Waals surface area (Å²) in [6.07, 6.45) is 0.583. The van der Waals surface area contributed by atoms with E-state index in [-0.39, 0.29) is 11.8 Å². The van der Waals surface area contributed by atoms with Crippen molar-refractivity contribution in [1.82, 2.24) is 10.2 Å². The first-order chi connectivity index (χ1) is 14.4. The first-order valence-corrected chi connectivity index (χ1v) is 12.3. The van der Waals surface area contributed by atoms with E-state index in [1.807, 2.05) is 49.4 Å². The fraction of sp³-hybridized carbons (Fsp3) is 0.417. The number of carbonyl (C=O) groups is 2. The summed E-state index contributed by atoms with van der Waals surface area (Å²) in [6, 6.07) is 17.5. The minimum atomic E-state index is -0.468. The largest absolute Gasteiger partial charge is 0.354 e. The molecule has 0 aliphatic heterocycles. The van der Waals surface area contributed by atoms with Crippen molar-refractivity contribution in [2.45, 2.75) is 45.5 Å². The topological polar surface area (TPSA) is 49.4 Å². The van der Waals surface area contributed by atoms with Crippen molar-refractivity contribution >= 4 is 39.5 Å².